The van der Waals surface area contributed by atoms with Crippen molar-refractivity contribution in [3.05, 3.63) is 64.2 Å². The second kappa shape index (κ2) is 7.78. The molecule has 0 N–H and O–H groups in total. The fourth-order valence-electron chi connectivity index (χ4n) is 3.60. The first kappa shape index (κ1) is 19.2. The first-order chi connectivity index (χ1) is 15.1. The summed E-state index contributed by atoms with van der Waals surface area (Å²) in [4.78, 5) is 35.8. The Labute approximate surface area is 177 Å². The predicted molar refractivity (Wildman–Crippen MR) is 111 cm³/mol. The number of carbonyl (C=O) groups excluding carboxylic acids is 1. The van der Waals surface area contributed by atoms with Crippen molar-refractivity contribution >= 4 is 17.4 Å². The zero-order valence-electron chi connectivity index (χ0n) is 16.7. The smallest absolute Gasteiger partial charge is 0.269 e. The van der Waals surface area contributed by atoms with E-state index in [1.807, 2.05) is 12.1 Å². The predicted octanol–water partition coefficient (Wildman–Crippen LogP) is 2.88. The number of aromatic nitrogens is 3. The van der Waals surface area contributed by atoms with Crippen LogP contribution in [-0.2, 0) is 0 Å². The third kappa shape index (κ3) is 3.96. The van der Waals surface area contributed by atoms with Gasteiger partial charge in [0.05, 0.1) is 4.92 Å². The van der Waals surface area contributed by atoms with E-state index in [1.165, 1.54) is 24.3 Å². The Bertz CT molecular complexity index is 1100. The molecule has 0 spiro atoms. The van der Waals surface area contributed by atoms with E-state index in [9.17, 15) is 14.9 Å². The fourth-order valence-corrected chi connectivity index (χ4v) is 3.60. The molecule has 1 aromatic carbocycles. The molecule has 0 unspecified atom stereocenters. The van der Waals surface area contributed by atoms with Gasteiger partial charge in [-0.15, -0.1) is 0 Å². The number of amides is 1. The highest BCUT2D eigenvalue weighted by Gasteiger charge is 2.30. The molecule has 1 aliphatic carbocycles. The molecule has 1 amide bonds. The maximum atomic E-state index is 12.7. The number of pyridine rings is 1. The van der Waals surface area contributed by atoms with Crippen molar-refractivity contribution in [1.29, 1.82) is 0 Å². The van der Waals surface area contributed by atoms with Crippen LogP contribution in [0.25, 0.3) is 11.4 Å². The van der Waals surface area contributed by atoms with Gasteiger partial charge in [0.25, 0.3) is 11.6 Å². The number of hydrogen-bond donors (Lipinski definition) is 0. The second-order valence-corrected chi connectivity index (χ2v) is 7.72. The van der Waals surface area contributed by atoms with Crippen molar-refractivity contribution in [2.75, 3.05) is 31.1 Å². The molecule has 1 saturated carbocycles. The second-order valence-electron chi connectivity index (χ2n) is 7.72. The first-order valence-electron chi connectivity index (χ1n) is 10.2. The number of anilines is 1. The van der Waals surface area contributed by atoms with Crippen molar-refractivity contribution in [2.45, 2.75) is 18.8 Å². The summed E-state index contributed by atoms with van der Waals surface area (Å²) >= 11 is 0. The highest BCUT2D eigenvalue weighted by molar-refractivity contribution is 5.94. The van der Waals surface area contributed by atoms with Crippen molar-refractivity contribution < 1.29 is 14.2 Å². The van der Waals surface area contributed by atoms with Crippen LogP contribution in [0.4, 0.5) is 11.5 Å². The quantitative estimate of drug-likeness (QED) is 0.457. The van der Waals surface area contributed by atoms with E-state index in [1.54, 1.807) is 11.1 Å². The monoisotopic (exact) mass is 420 g/mol. The molecule has 0 atom stereocenters. The minimum Gasteiger partial charge on any atom is -0.353 e. The zero-order chi connectivity index (χ0) is 21.4. The van der Waals surface area contributed by atoms with Gasteiger partial charge in [-0.1, -0.05) is 5.16 Å². The number of nitrogens with zero attached hydrogens (tertiary/aromatic N) is 6. The van der Waals surface area contributed by atoms with Gasteiger partial charge in [-0.3, -0.25) is 14.9 Å². The van der Waals surface area contributed by atoms with Crippen molar-refractivity contribution in [3.63, 3.8) is 0 Å². The van der Waals surface area contributed by atoms with Crippen LogP contribution in [-0.4, -0.2) is 57.0 Å². The summed E-state index contributed by atoms with van der Waals surface area (Å²) in [5.74, 6) is 2.38. The lowest BCUT2D eigenvalue weighted by molar-refractivity contribution is -0.384. The van der Waals surface area contributed by atoms with Crippen molar-refractivity contribution in [1.82, 2.24) is 20.0 Å². The number of carbonyl (C=O) groups is 1. The van der Waals surface area contributed by atoms with E-state index in [2.05, 4.69) is 20.0 Å². The van der Waals surface area contributed by atoms with Gasteiger partial charge < -0.3 is 14.3 Å². The molecular weight excluding hydrogens is 400 g/mol. The molecule has 2 fully saturated rings. The maximum absolute atomic E-state index is 12.7. The first-order valence-corrected chi connectivity index (χ1v) is 10.2. The average Bonchev–Trinajstić information content (AvgIpc) is 3.55. The van der Waals surface area contributed by atoms with E-state index in [4.69, 9.17) is 4.52 Å². The van der Waals surface area contributed by atoms with Gasteiger partial charge in [0.2, 0.25) is 11.7 Å². The summed E-state index contributed by atoms with van der Waals surface area (Å²) in [6.07, 6.45) is 3.96. The average molecular weight is 420 g/mol. The number of hydrogen-bond acceptors (Lipinski definition) is 8. The highest BCUT2D eigenvalue weighted by atomic mass is 16.6. The molecule has 10 heteroatoms. The molecular formula is C21H20N6O4. The molecule has 1 aliphatic heterocycles. The molecule has 31 heavy (non-hydrogen) atoms. The highest BCUT2D eigenvalue weighted by Crippen LogP contribution is 2.39. The third-order valence-electron chi connectivity index (χ3n) is 5.59. The SMILES string of the molecule is O=C(c1ccc([N+](=O)[O-])cc1)N1CCN(c2ccc(-c3noc(C4CC4)n3)cn2)CC1. The zero-order valence-corrected chi connectivity index (χ0v) is 16.7. The van der Waals surface area contributed by atoms with E-state index in [0.29, 0.717) is 49.4 Å². The molecule has 3 heterocycles. The van der Waals surface area contributed by atoms with Gasteiger partial charge in [0, 0.05) is 61.6 Å². The number of nitro groups is 1. The summed E-state index contributed by atoms with van der Waals surface area (Å²) in [7, 11) is 0. The Morgan fingerprint density at radius 2 is 1.81 bits per heavy atom. The van der Waals surface area contributed by atoms with Gasteiger partial charge in [-0.25, -0.2) is 4.98 Å². The third-order valence-corrected chi connectivity index (χ3v) is 5.59. The molecule has 5 rings (SSSR count). The Morgan fingerprint density at radius 1 is 1.06 bits per heavy atom. The largest absolute Gasteiger partial charge is 0.353 e. The van der Waals surface area contributed by atoms with E-state index >= 15 is 0 Å². The van der Waals surface area contributed by atoms with Crippen LogP contribution in [0.5, 0.6) is 0 Å². The summed E-state index contributed by atoms with van der Waals surface area (Å²) < 4.78 is 5.31. The van der Waals surface area contributed by atoms with Gasteiger partial charge in [0.1, 0.15) is 5.82 Å². The Balaban J connectivity index is 1.19. The van der Waals surface area contributed by atoms with Crippen molar-refractivity contribution in [3.8, 4) is 11.4 Å². The lowest BCUT2D eigenvalue weighted by atomic mass is 10.1. The molecule has 10 nitrogen and oxygen atoms in total. The van der Waals surface area contributed by atoms with Crippen LogP contribution in [0, 0.1) is 10.1 Å². The molecule has 2 aliphatic rings. The van der Waals surface area contributed by atoms with Gasteiger partial charge >= 0.3 is 0 Å². The minimum atomic E-state index is -0.476. The van der Waals surface area contributed by atoms with Crippen LogP contribution >= 0.6 is 0 Å². The molecule has 2 aromatic heterocycles. The summed E-state index contributed by atoms with van der Waals surface area (Å²) in [5, 5.41) is 14.8. The molecule has 3 aromatic rings. The fraction of sp³-hybridized carbons (Fsp3) is 0.333. The number of nitro benzene ring substituents is 1. The molecule has 0 bridgehead atoms. The number of rotatable bonds is 5. The summed E-state index contributed by atoms with van der Waals surface area (Å²) in [6, 6.07) is 9.56. The van der Waals surface area contributed by atoms with Crippen LogP contribution in [0.2, 0.25) is 0 Å². The van der Waals surface area contributed by atoms with Gasteiger partial charge in [-0.2, -0.15) is 4.98 Å². The van der Waals surface area contributed by atoms with E-state index < -0.39 is 4.92 Å². The molecule has 158 valence electrons. The van der Waals surface area contributed by atoms with Gasteiger partial charge in [-0.05, 0) is 37.1 Å². The maximum Gasteiger partial charge on any atom is 0.269 e. The lowest BCUT2D eigenvalue weighted by Gasteiger charge is -2.35. The number of piperazine rings is 1. The summed E-state index contributed by atoms with van der Waals surface area (Å²) in [5.41, 5.74) is 1.24. The van der Waals surface area contributed by atoms with Crippen LogP contribution < -0.4 is 4.90 Å². The van der Waals surface area contributed by atoms with E-state index in [-0.39, 0.29) is 11.6 Å². The van der Waals surface area contributed by atoms with Crippen LogP contribution in [0.15, 0.2) is 47.1 Å². The molecule has 1 saturated heterocycles. The van der Waals surface area contributed by atoms with Crippen LogP contribution in [0.1, 0.15) is 35.0 Å². The number of non-ortho nitro benzene ring substituents is 1. The van der Waals surface area contributed by atoms with E-state index in [0.717, 1.165) is 24.2 Å². The standard InChI is InChI=1S/C21H20N6O4/c28-21(15-3-6-17(7-4-15)27(29)30)26-11-9-25(10-12-26)18-8-5-16(13-22-18)19-23-20(31-24-19)14-1-2-14/h3-8,13-14H,1-2,9-12H2. The Kier molecular flexibility index (Phi) is 4.81. The lowest BCUT2D eigenvalue weighted by Crippen LogP contribution is -2.49. The topological polar surface area (TPSA) is 118 Å². The van der Waals surface area contributed by atoms with Crippen molar-refractivity contribution in [2.24, 2.45) is 0 Å². The normalized spacial score (nSPS) is 16.4. The van der Waals surface area contributed by atoms with Gasteiger partial charge in [0.15, 0.2) is 0 Å². The summed E-state index contributed by atoms with van der Waals surface area (Å²) in [6.45, 7) is 2.40. The molecule has 0 radical (unpaired) electrons. The number of benzene rings is 1. The Hall–Kier alpha value is -3.82. The minimum absolute atomic E-state index is 0.0273. The Morgan fingerprint density at radius 3 is 2.42 bits per heavy atom. The van der Waals surface area contributed by atoms with Crippen LogP contribution in [0.3, 0.4) is 0 Å².